The summed E-state index contributed by atoms with van der Waals surface area (Å²) in [6, 6.07) is 7.34. The van der Waals surface area contributed by atoms with Crippen LogP contribution in [0.5, 0.6) is 0 Å². The summed E-state index contributed by atoms with van der Waals surface area (Å²) in [6.07, 6.45) is 0. The van der Waals surface area contributed by atoms with Gasteiger partial charge >= 0.3 is 0 Å². The maximum Gasteiger partial charge on any atom is 0.223 e. The van der Waals surface area contributed by atoms with E-state index in [0.29, 0.717) is 17.6 Å². The minimum Gasteiger partial charge on any atom is -0.386 e. The largest absolute Gasteiger partial charge is 0.386 e. The first kappa shape index (κ1) is 11.6. The Morgan fingerprint density at radius 1 is 1.41 bits per heavy atom. The van der Waals surface area contributed by atoms with Gasteiger partial charge in [0.1, 0.15) is 5.84 Å². The van der Waals surface area contributed by atoms with Gasteiger partial charge in [0.2, 0.25) is 11.7 Å². The number of aromatic nitrogens is 2. The van der Waals surface area contributed by atoms with E-state index in [1.165, 1.54) is 0 Å². The SMILES string of the molecule is Cc1nc(-c2ccc(N=C(N)CCl)cc2)no1. The van der Waals surface area contributed by atoms with Crippen molar-refractivity contribution < 1.29 is 4.52 Å². The highest BCUT2D eigenvalue weighted by Crippen LogP contribution is 2.20. The summed E-state index contributed by atoms with van der Waals surface area (Å²) in [7, 11) is 0. The average molecular weight is 251 g/mol. The van der Waals surface area contributed by atoms with Crippen molar-refractivity contribution in [3.05, 3.63) is 30.2 Å². The maximum absolute atomic E-state index is 5.54. The number of aliphatic imine (C=N–C) groups is 1. The van der Waals surface area contributed by atoms with Crippen molar-refractivity contribution in [3.63, 3.8) is 0 Å². The number of nitrogens with two attached hydrogens (primary N) is 1. The van der Waals surface area contributed by atoms with Gasteiger partial charge in [-0.3, -0.25) is 0 Å². The molecule has 0 aliphatic heterocycles. The molecule has 0 saturated carbocycles. The molecule has 1 aromatic heterocycles. The van der Waals surface area contributed by atoms with Gasteiger partial charge in [0.15, 0.2) is 0 Å². The molecule has 0 fully saturated rings. The quantitative estimate of drug-likeness (QED) is 0.515. The highest BCUT2D eigenvalue weighted by Gasteiger charge is 2.04. The number of rotatable bonds is 3. The zero-order chi connectivity index (χ0) is 12.3. The van der Waals surface area contributed by atoms with Crippen LogP contribution in [0.15, 0.2) is 33.8 Å². The lowest BCUT2D eigenvalue weighted by Crippen LogP contribution is -2.12. The molecule has 0 radical (unpaired) electrons. The monoisotopic (exact) mass is 250 g/mol. The summed E-state index contributed by atoms with van der Waals surface area (Å²) >= 11 is 5.54. The number of halogens is 1. The molecule has 2 N–H and O–H groups in total. The average Bonchev–Trinajstić information content (AvgIpc) is 2.77. The molecule has 0 saturated heterocycles. The van der Waals surface area contributed by atoms with Gasteiger partial charge in [0.25, 0.3) is 0 Å². The van der Waals surface area contributed by atoms with Crippen molar-refractivity contribution in [2.24, 2.45) is 10.7 Å². The predicted molar refractivity (Wildman–Crippen MR) is 66.5 cm³/mol. The topological polar surface area (TPSA) is 77.3 Å². The van der Waals surface area contributed by atoms with E-state index in [1.807, 2.05) is 24.3 Å². The summed E-state index contributed by atoms with van der Waals surface area (Å²) < 4.78 is 4.90. The maximum atomic E-state index is 5.54. The normalized spacial score (nSPS) is 11.8. The van der Waals surface area contributed by atoms with E-state index in [4.69, 9.17) is 21.9 Å². The molecule has 0 unspecified atom stereocenters. The molecule has 5 nitrogen and oxygen atoms in total. The fourth-order valence-corrected chi connectivity index (χ4v) is 1.36. The van der Waals surface area contributed by atoms with Crippen molar-refractivity contribution in [3.8, 4) is 11.4 Å². The van der Waals surface area contributed by atoms with Crippen LogP contribution in [0.3, 0.4) is 0 Å². The van der Waals surface area contributed by atoms with Gasteiger partial charge in [-0.25, -0.2) is 4.99 Å². The van der Waals surface area contributed by atoms with Crippen LogP contribution in [0, 0.1) is 6.92 Å². The molecule has 0 atom stereocenters. The Bertz CT molecular complexity index is 533. The van der Waals surface area contributed by atoms with E-state index in [0.717, 1.165) is 11.3 Å². The van der Waals surface area contributed by atoms with Crippen molar-refractivity contribution in [2.45, 2.75) is 6.92 Å². The molecule has 17 heavy (non-hydrogen) atoms. The van der Waals surface area contributed by atoms with Crippen LogP contribution < -0.4 is 5.73 Å². The molecule has 0 aliphatic rings. The Hall–Kier alpha value is -1.88. The van der Waals surface area contributed by atoms with E-state index >= 15 is 0 Å². The smallest absolute Gasteiger partial charge is 0.223 e. The van der Waals surface area contributed by atoms with Crippen LogP contribution in [-0.4, -0.2) is 21.9 Å². The first-order valence-corrected chi connectivity index (χ1v) is 5.52. The standard InChI is InChI=1S/C11H11ClN4O/c1-7-14-11(16-17-7)8-2-4-9(5-3-8)15-10(13)6-12/h2-5H,6H2,1H3,(H2,13,15). The first-order chi connectivity index (χ1) is 8.19. The van der Waals surface area contributed by atoms with Crippen LogP contribution in [0.2, 0.25) is 0 Å². The van der Waals surface area contributed by atoms with Gasteiger partial charge < -0.3 is 10.3 Å². The Balaban J connectivity index is 2.24. The highest BCUT2D eigenvalue weighted by molar-refractivity contribution is 6.28. The summed E-state index contributed by atoms with van der Waals surface area (Å²) in [6.45, 7) is 1.75. The van der Waals surface area contributed by atoms with Crippen LogP contribution >= 0.6 is 11.6 Å². The van der Waals surface area contributed by atoms with Crippen molar-refractivity contribution >= 4 is 23.1 Å². The zero-order valence-corrected chi connectivity index (χ0v) is 9.98. The number of nitrogens with zero attached hydrogens (tertiary/aromatic N) is 3. The fourth-order valence-electron chi connectivity index (χ4n) is 1.30. The number of hydrogen-bond acceptors (Lipinski definition) is 4. The second kappa shape index (κ2) is 4.97. The molecule has 0 amide bonds. The lowest BCUT2D eigenvalue weighted by atomic mass is 10.2. The second-order valence-corrected chi connectivity index (χ2v) is 3.69. The number of aryl methyl sites for hydroxylation is 1. The van der Waals surface area contributed by atoms with Crippen molar-refractivity contribution in [1.82, 2.24) is 10.1 Å². The summed E-state index contributed by atoms with van der Waals surface area (Å²) in [5.74, 6) is 1.69. The minimum atomic E-state index is 0.214. The zero-order valence-electron chi connectivity index (χ0n) is 9.22. The van der Waals surface area contributed by atoms with Gasteiger partial charge in [-0.1, -0.05) is 5.16 Å². The molecule has 6 heteroatoms. The van der Waals surface area contributed by atoms with Crippen molar-refractivity contribution in [1.29, 1.82) is 0 Å². The van der Waals surface area contributed by atoms with Gasteiger partial charge in [0.05, 0.1) is 11.6 Å². The van der Waals surface area contributed by atoms with Crippen molar-refractivity contribution in [2.75, 3.05) is 5.88 Å². The van der Waals surface area contributed by atoms with Crippen LogP contribution in [0.25, 0.3) is 11.4 Å². The molecular weight excluding hydrogens is 240 g/mol. The van der Waals surface area contributed by atoms with E-state index in [-0.39, 0.29) is 5.88 Å². The molecule has 2 rings (SSSR count). The third-order valence-electron chi connectivity index (χ3n) is 2.06. The number of alkyl halides is 1. The molecule has 0 aliphatic carbocycles. The number of amidine groups is 1. The van der Waals surface area contributed by atoms with Gasteiger partial charge in [-0.05, 0) is 24.3 Å². The molecule has 1 heterocycles. The third-order valence-corrected chi connectivity index (χ3v) is 2.34. The molecule has 2 aromatic rings. The third kappa shape index (κ3) is 2.82. The van der Waals surface area contributed by atoms with E-state index in [9.17, 15) is 0 Å². The van der Waals surface area contributed by atoms with E-state index in [2.05, 4.69) is 15.1 Å². The molecular formula is C11H11ClN4O. The van der Waals surface area contributed by atoms with Gasteiger partial charge in [-0.15, -0.1) is 11.6 Å². The molecule has 0 spiro atoms. The lowest BCUT2D eigenvalue weighted by molar-refractivity contribution is 0.394. The summed E-state index contributed by atoms with van der Waals surface area (Å²) in [5, 5.41) is 3.83. The number of benzene rings is 1. The van der Waals surface area contributed by atoms with Crippen LogP contribution in [-0.2, 0) is 0 Å². The van der Waals surface area contributed by atoms with Crippen LogP contribution in [0.4, 0.5) is 5.69 Å². The summed E-state index contributed by atoms with van der Waals surface area (Å²) in [4.78, 5) is 8.24. The van der Waals surface area contributed by atoms with E-state index in [1.54, 1.807) is 6.92 Å². The Kier molecular flexibility index (Phi) is 3.39. The first-order valence-electron chi connectivity index (χ1n) is 4.99. The highest BCUT2D eigenvalue weighted by atomic mass is 35.5. The van der Waals surface area contributed by atoms with Gasteiger partial charge in [-0.2, -0.15) is 4.98 Å². The summed E-state index contributed by atoms with van der Waals surface area (Å²) in [5.41, 5.74) is 7.14. The minimum absolute atomic E-state index is 0.214. The Labute approximate surface area is 103 Å². The molecule has 88 valence electrons. The Morgan fingerprint density at radius 3 is 2.65 bits per heavy atom. The number of hydrogen-bond donors (Lipinski definition) is 1. The predicted octanol–water partition coefficient (Wildman–Crippen LogP) is 2.27. The molecule has 0 bridgehead atoms. The Morgan fingerprint density at radius 2 is 2.12 bits per heavy atom. The fraction of sp³-hybridized carbons (Fsp3) is 0.182. The second-order valence-electron chi connectivity index (χ2n) is 3.42. The molecule has 1 aromatic carbocycles. The van der Waals surface area contributed by atoms with Gasteiger partial charge in [0, 0.05) is 12.5 Å². The lowest BCUT2D eigenvalue weighted by Gasteiger charge is -1.97. The van der Waals surface area contributed by atoms with Crippen LogP contribution in [0.1, 0.15) is 5.89 Å². The van der Waals surface area contributed by atoms with E-state index < -0.39 is 0 Å².